The SMILES string of the molecule is C[C@@H](NC(=O)O)C(CO)CC(C)(C)CCNC(=O)O. The average molecular weight is 276 g/mol. The van der Waals surface area contributed by atoms with Crippen molar-refractivity contribution >= 4 is 12.2 Å². The van der Waals surface area contributed by atoms with Gasteiger partial charge in [0.05, 0.1) is 0 Å². The molecule has 0 heterocycles. The topological polar surface area (TPSA) is 119 Å². The lowest BCUT2D eigenvalue weighted by Crippen LogP contribution is -2.41. The van der Waals surface area contributed by atoms with Crippen LogP contribution in [0.4, 0.5) is 9.59 Å². The zero-order valence-corrected chi connectivity index (χ0v) is 11.6. The van der Waals surface area contributed by atoms with Crippen LogP contribution < -0.4 is 10.6 Å². The molecule has 0 aromatic heterocycles. The van der Waals surface area contributed by atoms with Gasteiger partial charge in [0.2, 0.25) is 0 Å². The smallest absolute Gasteiger partial charge is 0.404 e. The zero-order chi connectivity index (χ0) is 15.1. The standard InChI is InChI=1S/C12H24N2O5/c1-8(14-11(18)19)9(7-15)6-12(2,3)4-5-13-10(16)17/h8-9,13-15H,4-7H2,1-3H3,(H,16,17)(H,18,19)/t8-,9?/m1/s1. The highest BCUT2D eigenvalue weighted by Gasteiger charge is 2.27. The number of carbonyl (C=O) groups is 2. The number of aliphatic hydroxyl groups is 1. The molecule has 0 bridgehead atoms. The summed E-state index contributed by atoms with van der Waals surface area (Å²) in [5.74, 6) is -0.198. The van der Waals surface area contributed by atoms with E-state index in [2.05, 4.69) is 10.6 Å². The molecule has 0 fully saturated rings. The minimum Gasteiger partial charge on any atom is -0.465 e. The number of carboxylic acid groups (broad SMARTS) is 2. The summed E-state index contributed by atoms with van der Waals surface area (Å²) in [5.41, 5.74) is -0.190. The predicted molar refractivity (Wildman–Crippen MR) is 70.2 cm³/mol. The molecule has 0 rings (SSSR count). The van der Waals surface area contributed by atoms with Gasteiger partial charge in [-0.1, -0.05) is 13.8 Å². The molecule has 0 aliphatic rings. The van der Waals surface area contributed by atoms with Gasteiger partial charge in [-0.2, -0.15) is 0 Å². The van der Waals surface area contributed by atoms with Crippen molar-refractivity contribution in [1.82, 2.24) is 10.6 Å². The van der Waals surface area contributed by atoms with Gasteiger partial charge in [-0.25, -0.2) is 9.59 Å². The highest BCUT2D eigenvalue weighted by Crippen LogP contribution is 2.30. The number of rotatable bonds is 8. The van der Waals surface area contributed by atoms with Gasteiger partial charge in [-0.05, 0) is 25.2 Å². The van der Waals surface area contributed by atoms with Crippen LogP contribution in [0.3, 0.4) is 0 Å². The van der Waals surface area contributed by atoms with Crippen molar-refractivity contribution in [2.45, 2.75) is 39.7 Å². The van der Waals surface area contributed by atoms with Crippen LogP contribution in [0, 0.1) is 11.3 Å². The fourth-order valence-corrected chi connectivity index (χ4v) is 2.03. The van der Waals surface area contributed by atoms with Gasteiger partial charge in [0.1, 0.15) is 0 Å². The van der Waals surface area contributed by atoms with Gasteiger partial charge in [-0.15, -0.1) is 0 Å². The molecular weight excluding hydrogens is 252 g/mol. The van der Waals surface area contributed by atoms with Crippen LogP contribution >= 0.6 is 0 Å². The zero-order valence-electron chi connectivity index (χ0n) is 11.6. The predicted octanol–water partition coefficient (Wildman–Crippen LogP) is 1.32. The van der Waals surface area contributed by atoms with E-state index in [1.165, 1.54) is 0 Å². The van der Waals surface area contributed by atoms with Crippen molar-refractivity contribution in [3.63, 3.8) is 0 Å². The molecule has 0 aromatic rings. The Kier molecular flexibility index (Phi) is 7.21. The lowest BCUT2D eigenvalue weighted by molar-refractivity contribution is 0.130. The summed E-state index contributed by atoms with van der Waals surface area (Å²) >= 11 is 0. The van der Waals surface area contributed by atoms with Gasteiger partial charge in [0, 0.05) is 25.1 Å². The second-order valence-corrected chi connectivity index (χ2v) is 5.53. The third-order valence-electron chi connectivity index (χ3n) is 3.19. The largest absolute Gasteiger partial charge is 0.465 e. The first kappa shape index (κ1) is 17.5. The maximum absolute atomic E-state index is 10.6. The van der Waals surface area contributed by atoms with Crippen LogP contribution in [0.2, 0.25) is 0 Å². The summed E-state index contributed by atoms with van der Waals surface area (Å²) in [6.45, 7) is 5.86. The third kappa shape index (κ3) is 8.25. The monoisotopic (exact) mass is 276 g/mol. The van der Waals surface area contributed by atoms with Crippen LogP contribution in [0.15, 0.2) is 0 Å². The van der Waals surface area contributed by atoms with E-state index in [-0.39, 0.29) is 24.0 Å². The molecular formula is C12H24N2O5. The molecule has 0 radical (unpaired) electrons. The summed E-state index contributed by atoms with van der Waals surface area (Å²) in [4.78, 5) is 20.9. The van der Waals surface area contributed by atoms with E-state index in [0.29, 0.717) is 19.4 Å². The molecule has 0 aromatic carbocycles. The van der Waals surface area contributed by atoms with Crippen molar-refractivity contribution in [3.05, 3.63) is 0 Å². The van der Waals surface area contributed by atoms with Gasteiger partial charge in [-0.3, -0.25) is 0 Å². The Morgan fingerprint density at radius 1 is 1.21 bits per heavy atom. The van der Waals surface area contributed by atoms with E-state index in [1.807, 2.05) is 13.8 Å². The molecule has 0 saturated carbocycles. The van der Waals surface area contributed by atoms with Gasteiger partial charge >= 0.3 is 12.2 Å². The molecule has 19 heavy (non-hydrogen) atoms. The van der Waals surface area contributed by atoms with Gasteiger partial charge in [0.15, 0.2) is 0 Å². The number of hydrogen-bond acceptors (Lipinski definition) is 3. The molecule has 0 spiro atoms. The molecule has 1 unspecified atom stereocenters. The van der Waals surface area contributed by atoms with Crippen molar-refractivity contribution in [2.24, 2.45) is 11.3 Å². The van der Waals surface area contributed by atoms with Crippen LogP contribution in [-0.2, 0) is 0 Å². The van der Waals surface area contributed by atoms with Crippen LogP contribution in [0.25, 0.3) is 0 Å². The fourth-order valence-electron chi connectivity index (χ4n) is 2.03. The molecule has 0 aliphatic carbocycles. The quantitative estimate of drug-likeness (QED) is 0.458. The number of nitrogens with one attached hydrogen (secondary N) is 2. The highest BCUT2D eigenvalue weighted by molar-refractivity contribution is 5.64. The van der Waals surface area contributed by atoms with E-state index in [9.17, 15) is 14.7 Å². The maximum atomic E-state index is 10.6. The van der Waals surface area contributed by atoms with E-state index in [0.717, 1.165) is 0 Å². The van der Waals surface area contributed by atoms with Crippen LogP contribution in [0.1, 0.15) is 33.6 Å². The second kappa shape index (κ2) is 7.83. The Morgan fingerprint density at radius 2 is 1.79 bits per heavy atom. The van der Waals surface area contributed by atoms with Crippen LogP contribution in [0.5, 0.6) is 0 Å². The number of amides is 2. The Morgan fingerprint density at radius 3 is 2.21 bits per heavy atom. The molecule has 7 nitrogen and oxygen atoms in total. The van der Waals surface area contributed by atoms with E-state index in [4.69, 9.17) is 10.2 Å². The summed E-state index contributed by atoms with van der Waals surface area (Å²) in [5, 5.41) is 31.1. The molecule has 2 amide bonds. The highest BCUT2D eigenvalue weighted by atomic mass is 16.4. The minimum atomic E-state index is -1.11. The normalized spacial score (nSPS) is 14.5. The van der Waals surface area contributed by atoms with Crippen molar-refractivity contribution < 1.29 is 24.9 Å². The first-order valence-electron chi connectivity index (χ1n) is 6.25. The van der Waals surface area contributed by atoms with Crippen molar-refractivity contribution in [2.75, 3.05) is 13.2 Å². The summed E-state index contributed by atoms with van der Waals surface area (Å²) < 4.78 is 0. The summed E-state index contributed by atoms with van der Waals surface area (Å²) in [6.07, 6.45) is -0.950. The first-order valence-corrected chi connectivity index (χ1v) is 6.25. The maximum Gasteiger partial charge on any atom is 0.404 e. The molecule has 0 saturated heterocycles. The fraction of sp³-hybridized carbons (Fsp3) is 0.833. The van der Waals surface area contributed by atoms with E-state index >= 15 is 0 Å². The number of aliphatic hydroxyl groups excluding tert-OH is 1. The summed E-state index contributed by atoms with van der Waals surface area (Å²) in [7, 11) is 0. The molecule has 0 aliphatic heterocycles. The van der Waals surface area contributed by atoms with Gasteiger partial charge < -0.3 is 26.0 Å². The molecule has 7 heteroatoms. The van der Waals surface area contributed by atoms with Crippen molar-refractivity contribution in [1.29, 1.82) is 0 Å². The minimum absolute atomic E-state index is 0.114. The molecule has 2 atom stereocenters. The Labute approximate surface area is 113 Å². The average Bonchev–Trinajstić information content (AvgIpc) is 2.23. The summed E-state index contributed by atoms with van der Waals surface area (Å²) in [6, 6.07) is -0.353. The second-order valence-electron chi connectivity index (χ2n) is 5.53. The lowest BCUT2D eigenvalue weighted by Gasteiger charge is -2.32. The third-order valence-corrected chi connectivity index (χ3v) is 3.19. The Bertz CT molecular complexity index is 306. The Hall–Kier alpha value is -1.50. The van der Waals surface area contributed by atoms with Crippen molar-refractivity contribution in [3.8, 4) is 0 Å². The van der Waals surface area contributed by atoms with Gasteiger partial charge in [0.25, 0.3) is 0 Å². The Balaban J connectivity index is 4.33. The number of hydrogen-bond donors (Lipinski definition) is 5. The molecule has 5 N–H and O–H groups in total. The van der Waals surface area contributed by atoms with Crippen LogP contribution in [-0.4, -0.2) is 46.7 Å². The first-order chi connectivity index (χ1) is 8.68. The van der Waals surface area contributed by atoms with E-state index < -0.39 is 12.2 Å². The lowest BCUT2D eigenvalue weighted by atomic mass is 9.78. The molecule has 112 valence electrons. The van der Waals surface area contributed by atoms with E-state index in [1.54, 1.807) is 6.92 Å².